The lowest BCUT2D eigenvalue weighted by Gasteiger charge is -2.13. The number of hydrogen-bond donors (Lipinski definition) is 2. The third kappa shape index (κ3) is 1.66. The van der Waals surface area contributed by atoms with Gasteiger partial charge >= 0.3 is 0 Å². The number of fused-ring (bicyclic) bond motifs is 3. The molecular formula is C15H18N4O. The molecule has 1 aromatic carbocycles. The zero-order chi connectivity index (χ0) is 13.7. The predicted octanol–water partition coefficient (Wildman–Crippen LogP) is 1.79. The van der Waals surface area contributed by atoms with Crippen LogP contribution in [-0.4, -0.2) is 23.2 Å². The summed E-state index contributed by atoms with van der Waals surface area (Å²) in [6, 6.07) is 1.93. The molecule has 0 unspecified atom stereocenters. The van der Waals surface area contributed by atoms with Crippen LogP contribution in [0.5, 0.6) is 0 Å². The number of hydrogen-bond acceptors (Lipinski definition) is 5. The lowest BCUT2D eigenvalue weighted by atomic mass is 10.0. The van der Waals surface area contributed by atoms with E-state index < -0.39 is 0 Å². The van der Waals surface area contributed by atoms with Crippen LogP contribution < -0.4 is 11.5 Å². The Hall–Kier alpha value is -1.88. The highest BCUT2D eigenvalue weighted by Gasteiger charge is 2.24. The average Bonchev–Trinajstić information content (AvgIpc) is 3.11. The minimum absolute atomic E-state index is 0.274. The summed E-state index contributed by atoms with van der Waals surface area (Å²) in [5.74, 6) is 1.64. The van der Waals surface area contributed by atoms with Gasteiger partial charge in [-0.05, 0) is 42.9 Å². The molecule has 2 heterocycles. The second kappa shape index (κ2) is 4.31. The van der Waals surface area contributed by atoms with E-state index in [0.29, 0.717) is 12.4 Å². The quantitative estimate of drug-likeness (QED) is 0.771. The number of anilines is 2. The number of rotatable bonds is 1. The second-order valence-corrected chi connectivity index (χ2v) is 5.70. The van der Waals surface area contributed by atoms with E-state index >= 15 is 0 Å². The minimum atomic E-state index is 0.274. The molecule has 5 heteroatoms. The zero-order valence-electron chi connectivity index (χ0n) is 11.4. The summed E-state index contributed by atoms with van der Waals surface area (Å²) in [5.41, 5.74) is 16.6. The summed E-state index contributed by atoms with van der Waals surface area (Å²) in [4.78, 5) is 9.29. The van der Waals surface area contributed by atoms with Crippen molar-refractivity contribution in [1.82, 2.24) is 9.97 Å². The van der Waals surface area contributed by atoms with E-state index in [-0.39, 0.29) is 5.92 Å². The Kier molecular flexibility index (Phi) is 2.57. The number of aryl methyl sites for hydroxylation is 1. The normalized spacial score (nSPS) is 21.5. The maximum absolute atomic E-state index is 6.14. The van der Waals surface area contributed by atoms with Crippen LogP contribution in [-0.2, 0) is 17.6 Å². The SMILES string of the molecule is Nc1cc2c(N)nc([C@@H]3CCOC3)nc2c2c1CCC2. The standard InChI is InChI=1S/C15H18N4O/c16-12-6-11-13(10-3-1-2-9(10)12)18-15(19-14(11)17)8-4-5-20-7-8/h6,8H,1-5,7,16H2,(H2,17,18,19)/t8-/m1/s1. The van der Waals surface area contributed by atoms with Crippen LogP contribution in [0.15, 0.2) is 6.07 Å². The molecule has 4 rings (SSSR count). The van der Waals surface area contributed by atoms with E-state index in [1.165, 1.54) is 11.1 Å². The summed E-state index contributed by atoms with van der Waals surface area (Å²) in [7, 11) is 0. The molecule has 0 bridgehead atoms. The number of ether oxygens (including phenoxy) is 1. The molecule has 0 radical (unpaired) electrons. The summed E-state index contributed by atoms with van der Waals surface area (Å²) < 4.78 is 5.43. The maximum atomic E-state index is 6.14. The lowest BCUT2D eigenvalue weighted by Crippen LogP contribution is -2.09. The summed E-state index contributed by atoms with van der Waals surface area (Å²) in [5, 5.41) is 0.894. The highest BCUT2D eigenvalue weighted by Crippen LogP contribution is 2.36. The van der Waals surface area contributed by atoms with Crippen LogP contribution in [0.2, 0.25) is 0 Å². The predicted molar refractivity (Wildman–Crippen MR) is 78.6 cm³/mol. The van der Waals surface area contributed by atoms with E-state index in [0.717, 1.165) is 54.7 Å². The first kappa shape index (κ1) is 11.9. The fourth-order valence-electron chi connectivity index (χ4n) is 3.36. The zero-order valence-corrected chi connectivity index (χ0v) is 11.4. The highest BCUT2D eigenvalue weighted by atomic mass is 16.5. The number of nitrogens with two attached hydrogens (primary N) is 2. The van der Waals surface area contributed by atoms with E-state index in [9.17, 15) is 0 Å². The molecule has 2 aliphatic rings. The van der Waals surface area contributed by atoms with Gasteiger partial charge in [0.15, 0.2) is 0 Å². The van der Waals surface area contributed by atoms with E-state index in [1.807, 2.05) is 6.07 Å². The van der Waals surface area contributed by atoms with Gasteiger partial charge in [0.2, 0.25) is 0 Å². The molecule has 0 amide bonds. The van der Waals surface area contributed by atoms with Gasteiger partial charge in [0, 0.05) is 23.6 Å². The lowest BCUT2D eigenvalue weighted by molar-refractivity contribution is 0.193. The Bertz CT molecular complexity index is 692. The van der Waals surface area contributed by atoms with Crippen LogP contribution in [0.1, 0.15) is 35.7 Å². The van der Waals surface area contributed by atoms with Gasteiger partial charge in [-0.15, -0.1) is 0 Å². The van der Waals surface area contributed by atoms with Crippen molar-refractivity contribution in [3.8, 4) is 0 Å². The Balaban J connectivity index is 1.96. The molecule has 1 aliphatic carbocycles. The van der Waals surface area contributed by atoms with Crippen molar-refractivity contribution in [3.05, 3.63) is 23.0 Å². The smallest absolute Gasteiger partial charge is 0.136 e. The van der Waals surface area contributed by atoms with Crippen LogP contribution >= 0.6 is 0 Å². The van der Waals surface area contributed by atoms with Gasteiger partial charge in [0.25, 0.3) is 0 Å². The topological polar surface area (TPSA) is 87.1 Å². The average molecular weight is 270 g/mol. The van der Waals surface area contributed by atoms with Crippen LogP contribution in [0.4, 0.5) is 11.5 Å². The Morgan fingerprint density at radius 2 is 2.00 bits per heavy atom. The Morgan fingerprint density at radius 3 is 2.80 bits per heavy atom. The van der Waals surface area contributed by atoms with E-state index in [1.54, 1.807) is 0 Å². The molecule has 2 aromatic rings. The van der Waals surface area contributed by atoms with Crippen molar-refractivity contribution in [2.24, 2.45) is 0 Å². The molecule has 104 valence electrons. The van der Waals surface area contributed by atoms with Gasteiger partial charge in [-0.25, -0.2) is 9.97 Å². The first-order valence-corrected chi connectivity index (χ1v) is 7.19. The first-order chi connectivity index (χ1) is 9.74. The van der Waals surface area contributed by atoms with Crippen LogP contribution in [0.25, 0.3) is 10.9 Å². The largest absolute Gasteiger partial charge is 0.398 e. The molecule has 4 N–H and O–H groups in total. The third-order valence-electron chi connectivity index (χ3n) is 4.44. The van der Waals surface area contributed by atoms with Gasteiger partial charge < -0.3 is 16.2 Å². The maximum Gasteiger partial charge on any atom is 0.136 e. The van der Waals surface area contributed by atoms with E-state index in [2.05, 4.69) is 4.98 Å². The van der Waals surface area contributed by atoms with Gasteiger partial charge in [0.05, 0.1) is 12.1 Å². The molecule has 20 heavy (non-hydrogen) atoms. The monoisotopic (exact) mass is 270 g/mol. The molecule has 0 saturated carbocycles. The molecule has 5 nitrogen and oxygen atoms in total. The number of nitrogen functional groups attached to an aromatic ring is 2. The first-order valence-electron chi connectivity index (χ1n) is 7.19. The van der Waals surface area contributed by atoms with Crippen molar-refractivity contribution in [3.63, 3.8) is 0 Å². The number of aromatic nitrogens is 2. The Morgan fingerprint density at radius 1 is 1.15 bits per heavy atom. The van der Waals surface area contributed by atoms with Gasteiger partial charge in [0.1, 0.15) is 11.6 Å². The minimum Gasteiger partial charge on any atom is -0.398 e. The summed E-state index contributed by atoms with van der Waals surface area (Å²) >= 11 is 0. The van der Waals surface area contributed by atoms with Crippen molar-refractivity contribution in [2.45, 2.75) is 31.6 Å². The van der Waals surface area contributed by atoms with E-state index in [4.69, 9.17) is 21.2 Å². The molecule has 1 atom stereocenters. The fraction of sp³-hybridized carbons (Fsp3) is 0.467. The molecule has 1 saturated heterocycles. The molecular weight excluding hydrogens is 252 g/mol. The number of benzene rings is 1. The van der Waals surface area contributed by atoms with Gasteiger partial charge in [-0.2, -0.15) is 0 Å². The molecule has 1 aliphatic heterocycles. The van der Waals surface area contributed by atoms with Crippen molar-refractivity contribution in [2.75, 3.05) is 24.7 Å². The molecule has 1 aromatic heterocycles. The molecule has 1 fully saturated rings. The van der Waals surface area contributed by atoms with Gasteiger partial charge in [-0.3, -0.25) is 0 Å². The molecule has 0 spiro atoms. The van der Waals surface area contributed by atoms with Crippen molar-refractivity contribution >= 4 is 22.4 Å². The second-order valence-electron chi connectivity index (χ2n) is 5.70. The van der Waals surface area contributed by atoms with Gasteiger partial charge in [-0.1, -0.05) is 0 Å². The van der Waals surface area contributed by atoms with Crippen molar-refractivity contribution < 1.29 is 4.74 Å². The third-order valence-corrected chi connectivity index (χ3v) is 4.44. The van der Waals surface area contributed by atoms with Crippen LogP contribution in [0, 0.1) is 0 Å². The fourth-order valence-corrected chi connectivity index (χ4v) is 3.36. The van der Waals surface area contributed by atoms with Crippen LogP contribution in [0.3, 0.4) is 0 Å². The summed E-state index contributed by atoms with van der Waals surface area (Å²) in [6.45, 7) is 1.48. The Labute approximate surface area is 117 Å². The number of nitrogens with zero attached hydrogens (tertiary/aromatic N) is 2. The summed E-state index contributed by atoms with van der Waals surface area (Å²) in [6.07, 6.45) is 4.20. The highest BCUT2D eigenvalue weighted by molar-refractivity contribution is 5.94. The van der Waals surface area contributed by atoms with Crippen molar-refractivity contribution in [1.29, 1.82) is 0 Å².